The van der Waals surface area contributed by atoms with Gasteiger partial charge in [-0.25, -0.2) is 0 Å². The molecule has 3 heterocycles. The van der Waals surface area contributed by atoms with Crippen LogP contribution < -0.4 is 15.8 Å². The van der Waals surface area contributed by atoms with Crippen molar-refractivity contribution in [2.24, 2.45) is 0 Å². The topological polar surface area (TPSA) is 41.8 Å². The predicted molar refractivity (Wildman–Crippen MR) is 157 cm³/mol. The second-order valence-electron chi connectivity index (χ2n) is 9.76. The first kappa shape index (κ1) is 21.5. The van der Waals surface area contributed by atoms with Crippen molar-refractivity contribution in [3.63, 3.8) is 0 Å². The fourth-order valence-electron chi connectivity index (χ4n) is 5.89. The Bertz CT molecular complexity index is 2220. The highest BCUT2D eigenvalue weighted by Gasteiger charge is 2.29. The number of hydrogen-bond acceptors (Lipinski definition) is 4. The van der Waals surface area contributed by atoms with E-state index in [4.69, 9.17) is 0 Å². The molecule has 1 aliphatic heterocycles. The fraction of sp³-hybridized carbons (Fsp3) is 0.0303. The van der Waals surface area contributed by atoms with Crippen molar-refractivity contribution in [2.75, 3.05) is 4.90 Å². The number of rotatable bonds is 1. The zero-order chi connectivity index (χ0) is 25.5. The smallest absolute Gasteiger partial charge is 0.198 e. The minimum absolute atomic E-state index is 0.0445. The molecule has 7 aromatic rings. The molecule has 8 rings (SSSR count). The summed E-state index contributed by atoms with van der Waals surface area (Å²) in [5.41, 5.74) is 6.50. The van der Waals surface area contributed by atoms with Crippen LogP contribution in [-0.4, -0.2) is 4.40 Å². The summed E-state index contributed by atoms with van der Waals surface area (Å²) in [6.45, 7) is 2.09. The van der Waals surface area contributed by atoms with Crippen LogP contribution in [0.2, 0.25) is 0 Å². The van der Waals surface area contributed by atoms with Gasteiger partial charge < -0.3 is 9.30 Å². The van der Waals surface area contributed by atoms with Gasteiger partial charge >= 0.3 is 0 Å². The van der Waals surface area contributed by atoms with E-state index in [1.165, 1.54) is 5.56 Å². The van der Waals surface area contributed by atoms with Crippen LogP contribution in [0.3, 0.4) is 0 Å². The van der Waals surface area contributed by atoms with Crippen molar-refractivity contribution in [1.82, 2.24) is 4.40 Å². The fourth-order valence-corrected chi connectivity index (χ4v) is 7.18. The maximum absolute atomic E-state index is 14.3. The molecule has 0 bridgehead atoms. The summed E-state index contributed by atoms with van der Waals surface area (Å²) < 4.78 is 2.11. The van der Waals surface area contributed by atoms with Crippen LogP contribution in [0.15, 0.2) is 123 Å². The van der Waals surface area contributed by atoms with Crippen LogP contribution in [0.5, 0.6) is 0 Å². The van der Waals surface area contributed by atoms with Crippen LogP contribution in [0.25, 0.3) is 38.1 Å². The molecule has 4 nitrogen and oxygen atoms in total. The first-order chi connectivity index (χ1) is 18.6. The SMILES string of the molecule is Cc1ccc2c(c1)Sc1c(ccc3c1c(=O)c1cccc4c(=O)c5ccccc5n3c41)N2c1ccccc1. The summed E-state index contributed by atoms with van der Waals surface area (Å²) in [6.07, 6.45) is 0. The van der Waals surface area contributed by atoms with E-state index in [-0.39, 0.29) is 10.9 Å². The van der Waals surface area contributed by atoms with Crippen molar-refractivity contribution in [2.45, 2.75) is 16.7 Å². The number of hydrogen-bond donors (Lipinski definition) is 0. The molecular formula is C33H20N2O2S. The molecule has 0 atom stereocenters. The van der Waals surface area contributed by atoms with Gasteiger partial charge in [0, 0.05) is 31.6 Å². The molecule has 2 aromatic heterocycles. The van der Waals surface area contributed by atoms with Crippen molar-refractivity contribution in [3.8, 4) is 0 Å². The van der Waals surface area contributed by atoms with E-state index in [2.05, 4.69) is 52.6 Å². The van der Waals surface area contributed by atoms with Crippen LogP contribution in [-0.2, 0) is 0 Å². The Kier molecular flexibility index (Phi) is 4.35. The van der Waals surface area contributed by atoms with Crippen LogP contribution >= 0.6 is 11.8 Å². The highest BCUT2D eigenvalue weighted by atomic mass is 32.2. The lowest BCUT2D eigenvalue weighted by molar-refractivity contribution is 1.16. The molecule has 0 aliphatic carbocycles. The van der Waals surface area contributed by atoms with Crippen LogP contribution in [0, 0.1) is 6.92 Å². The summed E-state index contributed by atoms with van der Waals surface area (Å²) in [5, 5.41) is 2.45. The summed E-state index contributed by atoms with van der Waals surface area (Å²) in [6, 6.07) is 34.0. The minimum Gasteiger partial charge on any atom is -0.308 e. The number of anilines is 3. The number of aromatic nitrogens is 1. The molecule has 1 aliphatic rings. The summed E-state index contributed by atoms with van der Waals surface area (Å²) in [4.78, 5) is 32.0. The second kappa shape index (κ2) is 7.70. The molecule has 0 spiro atoms. The number of pyridine rings is 2. The van der Waals surface area contributed by atoms with Gasteiger partial charge in [-0.1, -0.05) is 54.2 Å². The van der Waals surface area contributed by atoms with E-state index in [1.807, 2.05) is 66.7 Å². The molecule has 0 radical (unpaired) electrons. The van der Waals surface area contributed by atoms with E-state index in [0.717, 1.165) is 37.9 Å². The Morgan fingerprint density at radius 3 is 2.18 bits per heavy atom. The lowest BCUT2D eigenvalue weighted by Crippen LogP contribution is -2.18. The molecule has 0 saturated carbocycles. The van der Waals surface area contributed by atoms with E-state index in [1.54, 1.807) is 11.8 Å². The zero-order valence-electron chi connectivity index (χ0n) is 20.4. The molecule has 5 aromatic carbocycles. The number of fused-ring (bicyclic) bond motifs is 7. The van der Waals surface area contributed by atoms with Gasteiger partial charge in [0.15, 0.2) is 10.9 Å². The van der Waals surface area contributed by atoms with Gasteiger partial charge in [0.2, 0.25) is 0 Å². The van der Waals surface area contributed by atoms with Crippen molar-refractivity contribution in [1.29, 1.82) is 0 Å². The minimum atomic E-state index is -0.0475. The predicted octanol–water partition coefficient (Wildman–Crippen LogP) is 7.80. The maximum atomic E-state index is 14.3. The zero-order valence-corrected chi connectivity index (χ0v) is 21.3. The number of benzene rings is 5. The van der Waals surface area contributed by atoms with Gasteiger partial charge in [0.1, 0.15) is 0 Å². The van der Waals surface area contributed by atoms with Crippen molar-refractivity contribution >= 4 is 66.9 Å². The Hall–Kier alpha value is -4.61. The lowest BCUT2D eigenvalue weighted by atomic mass is 10.0. The lowest BCUT2D eigenvalue weighted by Gasteiger charge is -2.33. The van der Waals surface area contributed by atoms with Crippen molar-refractivity contribution < 1.29 is 0 Å². The summed E-state index contributed by atoms with van der Waals surface area (Å²) >= 11 is 1.65. The Labute approximate surface area is 221 Å². The van der Waals surface area contributed by atoms with E-state index < -0.39 is 0 Å². The Balaban J connectivity index is 1.59. The number of nitrogens with zero attached hydrogens (tertiary/aromatic N) is 2. The summed E-state index contributed by atoms with van der Waals surface area (Å²) in [5.74, 6) is 0. The van der Waals surface area contributed by atoms with Gasteiger partial charge in [-0.15, -0.1) is 0 Å². The Morgan fingerprint density at radius 2 is 1.34 bits per heavy atom. The second-order valence-corrected chi connectivity index (χ2v) is 10.8. The molecule has 0 fully saturated rings. The maximum Gasteiger partial charge on any atom is 0.198 e. The van der Waals surface area contributed by atoms with Crippen molar-refractivity contribution in [3.05, 3.63) is 129 Å². The molecule has 0 amide bonds. The van der Waals surface area contributed by atoms with Gasteiger partial charge in [-0.05, 0) is 73.2 Å². The average Bonchev–Trinajstić information content (AvgIpc) is 2.95. The third kappa shape index (κ3) is 2.77. The van der Waals surface area contributed by atoms with Gasteiger partial charge in [-0.3, -0.25) is 9.59 Å². The van der Waals surface area contributed by atoms with Crippen LogP contribution in [0.1, 0.15) is 5.56 Å². The molecule has 38 heavy (non-hydrogen) atoms. The standard InChI is InChI=1S/C33H20N2O2S/c1-19-14-15-25-28(18-19)38-33-27(34(25)20-8-3-2-4-9-20)17-16-26-29(33)32(37)23-12-7-11-22-30(23)35(26)24-13-6-5-10-21(24)31(22)36/h2-18H,1H3. The quantitative estimate of drug-likeness (QED) is 0.168. The van der Waals surface area contributed by atoms with Gasteiger partial charge in [0.25, 0.3) is 0 Å². The van der Waals surface area contributed by atoms with Gasteiger partial charge in [0.05, 0.1) is 33.3 Å². The summed E-state index contributed by atoms with van der Waals surface area (Å²) in [7, 11) is 0. The first-order valence-electron chi connectivity index (χ1n) is 12.5. The molecule has 0 unspecified atom stereocenters. The highest BCUT2D eigenvalue weighted by Crippen LogP contribution is 2.53. The largest absolute Gasteiger partial charge is 0.308 e. The average molecular weight is 509 g/mol. The molecular weight excluding hydrogens is 488 g/mol. The van der Waals surface area contributed by atoms with E-state index >= 15 is 0 Å². The van der Waals surface area contributed by atoms with E-state index in [9.17, 15) is 9.59 Å². The first-order valence-corrected chi connectivity index (χ1v) is 13.4. The normalized spacial score (nSPS) is 12.9. The van der Waals surface area contributed by atoms with E-state index in [0.29, 0.717) is 27.1 Å². The molecule has 0 N–H and O–H groups in total. The van der Waals surface area contributed by atoms with Gasteiger partial charge in [-0.2, -0.15) is 0 Å². The molecule has 180 valence electrons. The highest BCUT2D eigenvalue weighted by molar-refractivity contribution is 8.00. The number of para-hydroxylation sites is 3. The number of aryl methyl sites for hydroxylation is 1. The third-order valence-corrected chi connectivity index (χ3v) is 8.71. The molecule has 0 saturated heterocycles. The van der Waals surface area contributed by atoms with Crippen LogP contribution in [0.4, 0.5) is 17.1 Å². The third-order valence-electron chi connectivity index (χ3n) is 7.54. The Morgan fingerprint density at radius 1 is 0.632 bits per heavy atom. The monoisotopic (exact) mass is 508 g/mol. The molecule has 5 heteroatoms.